The molecule has 62 valence electrons. The molecular weight excluding hydrogens is 151 g/mol. The second-order valence-electron chi connectivity index (χ2n) is 1.65. The molecule has 0 bridgehead atoms. The molecule has 0 amide bonds. The Morgan fingerprint density at radius 1 is 1.50 bits per heavy atom. The van der Waals surface area contributed by atoms with Gasteiger partial charge in [-0.15, -0.1) is 13.2 Å². The first-order chi connectivity index (χ1) is 4.45. The lowest BCUT2D eigenvalue weighted by Crippen LogP contribution is -2.28. The number of halogens is 3. The first kappa shape index (κ1) is 9.67. The summed E-state index contributed by atoms with van der Waals surface area (Å²) < 4.78 is 36.8. The minimum Gasteiger partial charge on any atom is -0.389 e. The summed E-state index contributed by atoms with van der Waals surface area (Å²) in [7, 11) is 0. The minimum absolute atomic E-state index is 0.240. The molecule has 0 aliphatic heterocycles. The van der Waals surface area contributed by atoms with E-state index in [2.05, 4.69) is 4.74 Å². The van der Waals surface area contributed by atoms with Gasteiger partial charge in [0, 0.05) is 6.54 Å². The number of rotatable bonds is 3. The highest BCUT2D eigenvalue weighted by Gasteiger charge is 2.29. The van der Waals surface area contributed by atoms with E-state index in [1.54, 1.807) is 0 Å². The van der Waals surface area contributed by atoms with E-state index in [1.807, 2.05) is 0 Å². The topological polar surface area (TPSA) is 55.5 Å². The van der Waals surface area contributed by atoms with E-state index in [0.717, 1.165) is 0 Å². The fourth-order valence-electron chi connectivity index (χ4n) is 0.259. The van der Waals surface area contributed by atoms with Crippen molar-refractivity contribution in [1.82, 2.24) is 0 Å². The third-order valence-electron chi connectivity index (χ3n) is 0.711. The third kappa shape index (κ3) is 5.80. The van der Waals surface area contributed by atoms with Gasteiger partial charge >= 0.3 is 6.36 Å². The summed E-state index contributed by atoms with van der Waals surface area (Å²) in [6.45, 7) is -1.05. The van der Waals surface area contributed by atoms with Crippen LogP contribution >= 0.6 is 0 Å². The van der Waals surface area contributed by atoms with Crippen molar-refractivity contribution in [1.29, 1.82) is 0 Å². The van der Waals surface area contributed by atoms with Crippen molar-refractivity contribution in [2.75, 3.05) is 13.2 Å². The highest BCUT2D eigenvalue weighted by atomic mass is 19.4. The quantitative estimate of drug-likeness (QED) is 0.601. The van der Waals surface area contributed by atoms with Crippen LogP contribution in [0.1, 0.15) is 0 Å². The lowest BCUT2D eigenvalue weighted by Gasteiger charge is -2.09. The zero-order chi connectivity index (χ0) is 8.20. The van der Waals surface area contributed by atoms with Crippen molar-refractivity contribution in [2.45, 2.75) is 12.5 Å². The Hall–Kier alpha value is -0.330. The first-order valence-electron chi connectivity index (χ1n) is 2.54. The zero-order valence-electron chi connectivity index (χ0n) is 5.06. The molecule has 0 aliphatic rings. The summed E-state index contributed by atoms with van der Waals surface area (Å²) in [4.78, 5) is 0. The molecule has 0 aromatic rings. The molecule has 0 aliphatic carbocycles. The van der Waals surface area contributed by atoms with Gasteiger partial charge < -0.3 is 10.8 Å². The van der Waals surface area contributed by atoms with Gasteiger partial charge in [-0.3, -0.25) is 4.74 Å². The molecule has 0 saturated carbocycles. The fourth-order valence-corrected chi connectivity index (χ4v) is 0.259. The summed E-state index contributed by atoms with van der Waals surface area (Å²) in [5, 5.41) is 8.47. The largest absolute Gasteiger partial charge is 0.522 e. The maximum absolute atomic E-state index is 11.2. The number of aliphatic hydroxyl groups excluding tert-OH is 1. The van der Waals surface area contributed by atoms with Crippen molar-refractivity contribution in [3.8, 4) is 0 Å². The van der Waals surface area contributed by atoms with Crippen LogP contribution in [-0.4, -0.2) is 30.7 Å². The lowest BCUT2D eigenvalue weighted by atomic mass is 10.4. The first-order valence-corrected chi connectivity index (χ1v) is 2.54. The minimum atomic E-state index is -4.68. The monoisotopic (exact) mass is 159 g/mol. The second-order valence-corrected chi connectivity index (χ2v) is 1.65. The number of nitrogens with two attached hydrogens (primary N) is 1. The summed E-state index contributed by atoms with van der Waals surface area (Å²) in [5.74, 6) is 0. The van der Waals surface area contributed by atoms with Crippen molar-refractivity contribution in [3.63, 3.8) is 0 Å². The molecule has 3 N–H and O–H groups in total. The SMILES string of the molecule is NCC(O)COC(F)(F)F. The molecule has 1 atom stereocenters. The average Bonchev–Trinajstić information content (AvgIpc) is 1.81. The highest BCUT2D eigenvalue weighted by molar-refractivity contribution is 4.52. The normalized spacial score (nSPS) is 15.3. The van der Waals surface area contributed by atoms with Crippen LogP contribution in [0, 0.1) is 0 Å². The van der Waals surface area contributed by atoms with Gasteiger partial charge in [-0.2, -0.15) is 0 Å². The standard InChI is InChI=1S/C4H8F3NO2/c5-4(6,7)10-2-3(9)1-8/h3,9H,1-2,8H2. The Balaban J connectivity index is 3.36. The van der Waals surface area contributed by atoms with E-state index < -0.39 is 19.1 Å². The van der Waals surface area contributed by atoms with Crippen LogP contribution in [0.4, 0.5) is 13.2 Å². The molecule has 0 heterocycles. The zero-order valence-corrected chi connectivity index (χ0v) is 5.06. The van der Waals surface area contributed by atoms with Crippen LogP contribution in [0.5, 0.6) is 0 Å². The van der Waals surface area contributed by atoms with Gasteiger partial charge in [0.2, 0.25) is 0 Å². The van der Waals surface area contributed by atoms with E-state index in [9.17, 15) is 13.2 Å². The van der Waals surface area contributed by atoms with E-state index >= 15 is 0 Å². The molecule has 0 aromatic heterocycles. The molecule has 0 radical (unpaired) electrons. The van der Waals surface area contributed by atoms with Crippen molar-refractivity contribution in [2.24, 2.45) is 5.73 Å². The number of hydrogen-bond acceptors (Lipinski definition) is 3. The van der Waals surface area contributed by atoms with Gasteiger partial charge in [-0.05, 0) is 0 Å². The van der Waals surface area contributed by atoms with E-state index in [1.165, 1.54) is 0 Å². The molecule has 3 nitrogen and oxygen atoms in total. The van der Waals surface area contributed by atoms with Gasteiger partial charge in [-0.25, -0.2) is 0 Å². The maximum atomic E-state index is 11.2. The van der Waals surface area contributed by atoms with Crippen LogP contribution in [0.2, 0.25) is 0 Å². The summed E-state index contributed by atoms with van der Waals surface area (Å²) >= 11 is 0. The van der Waals surface area contributed by atoms with Gasteiger partial charge in [0.15, 0.2) is 0 Å². The molecule has 0 fully saturated rings. The number of ether oxygens (including phenoxy) is 1. The van der Waals surface area contributed by atoms with Crippen molar-refractivity contribution in [3.05, 3.63) is 0 Å². The van der Waals surface area contributed by atoms with E-state index in [-0.39, 0.29) is 6.54 Å². The molecule has 0 aromatic carbocycles. The maximum Gasteiger partial charge on any atom is 0.522 e. The molecule has 0 saturated heterocycles. The molecule has 1 unspecified atom stereocenters. The van der Waals surface area contributed by atoms with Gasteiger partial charge in [0.05, 0.1) is 12.7 Å². The van der Waals surface area contributed by atoms with Gasteiger partial charge in [-0.1, -0.05) is 0 Å². The third-order valence-corrected chi connectivity index (χ3v) is 0.711. The number of alkyl halides is 3. The summed E-state index contributed by atoms with van der Waals surface area (Å²) in [6, 6.07) is 0. The average molecular weight is 159 g/mol. The van der Waals surface area contributed by atoms with Crippen LogP contribution in [0.15, 0.2) is 0 Å². The van der Waals surface area contributed by atoms with Gasteiger partial charge in [0.1, 0.15) is 0 Å². The van der Waals surface area contributed by atoms with E-state index in [4.69, 9.17) is 10.8 Å². The number of hydrogen-bond donors (Lipinski definition) is 2. The Bertz CT molecular complexity index is 95.0. The Morgan fingerprint density at radius 3 is 2.30 bits per heavy atom. The highest BCUT2D eigenvalue weighted by Crippen LogP contribution is 2.15. The molecule has 0 spiro atoms. The number of aliphatic hydroxyl groups is 1. The van der Waals surface area contributed by atoms with Crippen LogP contribution < -0.4 is 5.73 Å². The second kappa shape index (κ2) is 3.75. The molecule has 0 rings (SSSR count). The summed E-state index contributed by atoms with van der Waals surface area (Å²) in [6.07, 6.45) is -5.93. The lowest BCUT2D eigenvalue weighted by molar-refractivity contribution is -0.330. The van der Waals surface area contributed by atoms with E-state index in [0.29, 0.717) is 0 Å². The molecular formula is C4H8F3NO2. The molecule has 10 heavy (non-hydrogen) atoms. The van der Waals surface area contributed by atoms with Gasteiger partial charge in [0.25, 0.3) is 0 Å². The predicted molar refractivity (Wildman–Crippen MR) is 27.1 cm³/mol. The Morgan fingerprint density at radius 2 is 2.00 bits per heavy atom. The van der Waals surface area contributed by atoms with Crippen LogP contribution in [0.25, 0.3) is 0 Å². The van der Waals surface area contributed by atoms with Crippen molar-refractivity contribution < 1.29 is 23.0 Å². The fraction of sp³-hybridized carbons (Fsp3) is 1.00. The Kier molecular flexibility index (Phi) is 3.62. The molecule has 6 heteroatoms. The van der Waals surface area contributed by atoms with Crippen LogP contribution in [-0.2, 0) is 4.74 Å². The smallest absolute Gasteiger partial charge is 0.389 e. The summed E-state index contributed by atoms with van der Waals surface area (Å²) in [5.41, 5.74) is 4.80. The van der Waals surface area contributed by atoms with Crippen molar-refractivity contribution >= 4 is 0 Å². The Labute approximate surface area is 55.6 Å². The van der Waals surface area contributed by atoms with Crippen LogP contribution in [0.3, 0.4) is 0 Å². The predicted octanol–water partition coefficient (Wildman–Crippen LogP) is -0.158.